The van der Waals surface area contributed by atoms with E-state index in [1.165, 1.54) is 225 Å². The summed E-state index contributed by atoms with van der Waals surface area (Å²) in [7, 11) is 0. The summed E-state index contributed by atoms with van der Waals surface area (Å²) in [6.45, 7) is 3.75. The van der Waals surface area contributed by atoms with Crippen molar-refractivity contribution in [1.29, 1.82) is 0 Å². The van der Waals surface area contributed by atoms with Crippen LogP contribution in [0.1, 0.15) is 296 Å². The first-order chi connectivity index (χ1) is 36.8. The second-order valence-corrected chi connectivity index (χ2v) is 22.2. The number of hydrogen-bond acceptors (Lipinski definition) is 8. The van der Waals surface area contributed by atoms with Crippen molar-refractivity contribution in [2.24, 2.45) is 0 Å². The fourth-order valence-electron chi connectivity index (χ4n) is 10.0. The maximum atomic E-state index is 13.0. The molecule has 9 nitrogen and oxygen atoms in total. The molecular weight excluding hydrogens is 935 g/mol. The van der Waals surface area contributed by atoms with Crippen molar-refractivity contribution in [2.75, 3.05) is 13.2 Å². The number of ether oxygens (including phenoxy) is 2. The van der Waals surface area contributed by atoms with Gasteiger partial charge in [0.05, 0.1) is 25.4 Å². The van der Waals surface area contributed by atoms with Crippen LogP contribution in [0, 0.1) is 0 Å². The smallest absolute Gasteiger partial charge is 0.220 e. The molecule has 1 aliphatic rings. The van der Waals surface area contributed by atoms with Crippen LogP contribution in [-0.4, -0.2) is 87.5 Å². The van der Waals surface area contributed by atoms with E-state index in [4.69, 9.17) is 9.47 Å². The number of allylic oxidation sites excluding steroid dienone is 9. The van der Waals surface area contributed by atoms with Gasteiger partial charge in [0.1, 0.15) is 24.4 Å². The Bertz CT molecular complexity index is 1360. The van der Waals surface area contributed by atoms with Crippen LogP contribution in [0.5, 0.6) is 0 Å². The average molecular weight is 1060 g/mol. The van der Waals surface area contributed by atoms with E-state index < -0.39 is 49.5 Å². The van der Waals surface area contributed by atoms with Gasteiger partial charge in [-0.05, 0) is 70.6 Å². The zero-order valence-electron chi connectivity index (χ0n) is 48.8. The zero-order chi connectivity index (χ0) is 54.3. The molecule has 0 saturated carbocycles. The van der Waals surface area contributed by atoms with Crippen LogP contribution in [-0.2, 0) is 14.3 Å². The highest BCUT2D eigenvalue weighted by atomic mass is 16.7. The largest absolute Gasteiger partial charge is 0.394 e. The standard InChI is InChI=1S/C66H121NO8/c1-3-5-7-9-11-13-15-17-18-19-20-21-22-23-24-25-26-27-28-29-30-31-32-33-34-35-36-37-38-39-40-41-42-44-46-48-50-52-54-56-62(70)67-59(58-74-66-65(73)64(72)63(71)61(57-68)75-66)60(69)55-53-51-49-47-45-43-16-14-12-10-8-6-4-2/h15,17,19-20,22-23,45,47,53,55,59-61,63-66,68-69,71-73H,3-14,16,18,21,24-44,46,48-52,54,56-58H2,1-2H3,(H,67,70)/b17-15-,20-19-,23-22-,47-45+,55-53+. The van der Waals surface area contributed by atoms with E-state index in [2.05, 4.69) is 67.8 Å². The fraction of sp³-hybridized carbons (Fsp3) is 0.833. The summed E-state index contributed by atoms with van der Waals surface area (Å²) in [6, 6.07) is -0.821. The predicted molar refractivity (Wildman–Crippen MR) is 318 cm³/mol. The lowest BCUT2D eigenvalue weighted by Crippen LogP contribution is -2.60. The molecule has 1 heterocycles. The highest BCUT2D eigenvalue weighted by Gasteiger charge is 2.44. The summed E-state index contributed by atoms with van der Waals surface area (Å²) in [5, 5.41) is 54.4. The Hall–Kier alpha value is -2.11. The number of aliphatic hydroxyl groups is 5. The number of carbonyl (C=O) groups is 1. The van der Waals surface area contributed by atoms with Gasteiger partial charge in [0.25, 0.3) is 0 Å². The minimum Gasteiger partial charge on any atom is -0.394 e. The Balaban J connectivity index is 2.04. The molecular formula is C66H121NO8. The van der Waals surface area contributed by atoms with E-state index >= 15 is 0 Å². The number of nitrogens with one attached hydrogen (secondary N) is 1. The van der Waals surface area contributed by atoms with Crippen LogP contribution in [0.3, 0.4) is 0 Å². The predicted octanol–water partition coefficient (Wildman–Crippen LogP) is 16.6. The van der Waals surface area contributed by atoms with Crippen LogP contribution >= 0.6 is 0 Å². The molecule has 7 unspecified atom stereocenters. The Labute approximate surface area is 462 Å². The first-order valence-corrected chi connectivity index (χ1v) is 32.0. The van der Waals surface area contributed by atoms with E-state index in [0.29, 0.717) is 6.42 Å². The maximum absolute atomic E-state index is 13.0. The normalized spacial score (nSPS) is 19.3. The van der Waals surface area contributed by atoms with Crippen LogP contribution in [0.25, 0.3) is 0 Å². The molecule has 1 saturated heterocycles. The van der Waals surface area contributed by atoms with Gasteiger partial charge in [-0.1, -0.05) is 280 Å². The van der Waals surface area contributed by atoms with Crippen molar-refractivity contribution < 1.29 is 39.8 Å². The lowest BCUT2D eigenvalue weighted by atomic mass is 9.99. The van der Waals surface area contributed by atoms with Gasteiger partial charge in [-0.2, -0.15) is 0 Å². The lowest BCUT2D eigenvalue weighted by Gasteiger charge is -2.40. The van der Waals surface area contributed by atoms with E-state index in [1.807, 2.05) is 6.08 Å². The van der Waals surface area contributed by atoms with Gasteiger partial charge in [-0.3, -0.25) is 4.79 Å². The number of unbranched alkanes of at least 4 members (excludes halogenated alkanes) is 37. The first kappa shape index (κ1) is 70.9. The minimum absolute atomic E-state index is 0.184. The quantitative estimate of drug-likeness (QED) is 0.0261. The summed E-state index contributed by atoms with van der Waals surface area (Å²) in [5.74, 6) is -0.184. The van der Waals surface area contributed by atoms with Crippen molar-refractivity contribution in [1.82, 2.24) is 5.32 Å². The van der Waals surface area contributed by atoms with Crippen LogP contribution in [0.15, 0.2) is 60.8 Å². The van der Waals surface area contributed by atoms with Crippen LogP contribution in [0.2, 0.25) is 0 Å². The summed E-state index contributed by atoms with van der Waals surface area (Å²) in [4.78, 5) is 13.0. The molecule has 6 N–H and O–H groups in total. The van der Waals surface area contributed by atoms with E-state index in [1.54, 1.807) is 6.08 Å². The molecule has 1 amide bonds. The van der Waals surface area contributed by atoms with Gasteiger partial charge in [0.2, 0.25) is 5.91 Å². The van der Waals surface area contributed by atoms with Crippen LogP contribution < -0.4 is 5.32 Å². The molecule has 7 atom stereocenters. The molecule has 0 aromatic rings. The molecule has 0 aromatic carbocycles. The van der Waals surface area contributed by atoms with E-state index in [-0.39, 0.29) is 12.5 Å². The minimum atomic E-state index is -1.57. The molecule has 0 aromatic heterocycles. The number of hydrogen-bond donors (Lipinski definition) is 6. The van der Waals surface area contributed by atoms with Gasteiger partial charge < -0.3 is 40.3 Å². The summed E-state index contributed by atoms with van der Waals surface area (Å²) >= 11 is 0. The van der Waals surface area contributed by atoms with Crippen molar-refractivity contribution in [3.63, 3.8) is 0 Å². The lowest BCUT2D eigenvalue weighted by molar-refractivity contribution is -0.302. The molecule has 9 heteroatoms. The Morgan fingerprint density at radius 1 is 0.453 bits per heavy atom. The molecule has 0 bridgehead atoms. The molecule has 1 fully saturated rings. The van der Waals surface area contributed by atoms with E-state index in [0.717, 1.165) is 51.4 Å². The van der Waals surface area contributed by atoms with Crippen molar-refractivity contribution in [3.8, 4) is 0 Å². The molecule has 1 aliphatic heterocycles. The monoisotopic (exact) mass is 1060 g/mol. The number of aliphatic hydroxyl groups excluding tert-OH is 5. The SMILES string of the molecule is CCCCCCC/C=C\C/C=C\C/C=C\CCCCCCCCCCCCCCCCCCCCCCCCCCC(=O)NC(COC1OC(CO)C(O)C(O)C1O)C(O)/C=C/CC/C=C/CCCCCCCCC. The highest BCUT2D eigenvalue weighted by molar-refractivity contribution is 5.76. The molecule has 0 aliphatic carbocycles. The topological polar surface area (TPSA) is 149 Å². The van der Waals surface area contributed by atoms with E-state index in [9.17, 15) is 30.3 Å². The number of rotatable bonds is 55. The first-order valence-electron chi connectivity index (χ1n) is 32.0. The van der Waals surface area contributed by atoms with Gasteiger partial charge in [-0.15, -0.1) is 0 Å². The third-order valence-electron chi connectivity index (χ3n) is 15.1. The Morgan fingerprint density at radius 3 is 1.21 bits per heavy atom. The Kier molecular flexibility index (Phi) is 52.2. The highest BCUT2D eigenvalue weighted by Crippen LogP contribution is 2.23. The second kappa shape index (κ2) is 55.2. The summed E-state index contributed by atoms with van der Waals surface area (Å²) in [5.41, 5.74) is 0. The molecule has 0 radical (unpaired) electrons. The van der Waals surface area contributed by atoms with Gasteiger partial charge in [0, 0.05) is 6.42 Å². The maximum Gasteiger partial charge on any atom is 0.220 e. The van der Waals surface area contributed by atoms with Crippen molar-refractivity contribution in [3.05, 3.63) is 60.8 Å². The Morgan fingerprint density at radius 2 is 0.800 bits per heavy atom. The third kappa shape index (κ3) is 44.4. The van der Waals surface area contributed by atoms with Gasteiger partial charge in [-0.25, -0.2) is 0 Å². The summed E-state index contributed by atoms with van der Waals surface area (Å²) in [6.07, 6.45) is 69.0. The fourth-order valence-corrected chi connectivity index (χ4v) is 10.0. The van der Waals surface area contributed by atoms with Crippen molar-refractivity contribution >= 4 is 5.91 Å². The number of carbonyl (C=O) groups excluding carboxylic acids is 1. The van der Waals surface area contributed by atoms with Gasteiger partial charge in [0.15, 0.2) is 6.29 Å². The molecule has 0 spiro atoms. The van der Waals surface area contributed by atoms with Gasteiger partial charge >= 0.3 is 0 Å². The third-order valence-corrected chi connectivity index (χ3v) is 15.1. The van der Waals surface area contributed by atoms with Crippen LogP contribution in [0.4, 0.5) is 0 Å². The van der Waals surface area contributed by atoms with Crippen molar-refractivity contribution in [2.45, 2.75) is 339 Å². The second-order valence-electron chi connectivity index (χ2n) is 22.2. The number of amides is 1. The molecule has 438 valence electrons. The molecule has 1 rings (SSSR count). The molecule has 75 heavy (non-hydrogen) atoms. The summed E-state index contributed by atoms with van der Waals surface area (Å²) < 4.78 is 11.2. The zero-order valence-corrected chi connectivity index (χ0v) is 48.8. The average Bonchev–Trinajstić information content (AvgIpc) is 3.41.